The summed E-state index contributed by atoms with van der Waals surface area (Å²) in [6, 6.07) is 21.2. The summed E-state index contributed by atoms with van der Waals surface area (Å²) in [5.41, 5.74) is 5.63. The van der Waals surface area contributed by atoms with Gasteiger partial charge in [-0.3, -0.25) is 9.59 Å². The molecule has 5 rings (SSSR count). The lowest BCUT2D eigenvalue weighted by molar-refractivity contribution is 0.0995. The Morgan fingerprint density at radius 3 is 2.33 bits per heavy atom. The van der Waals surface area contributed by atoms with Crippen LogP contribution in [-0.2, 0) is 6.42 Å². The van der Waals surface area contributed by atoms with Gasteiger partial charge in [0.05, 0.1) is 5.69 Å². The third kappa shape index (κ3) is 5.77. The third-order valence-electron chi connectivity index (χ3n) is 7.07. The molecule has 0 unspecified atom stereocenters. The van der Waals surface area contributed by atoms with Crippen LogP contribution < -0.4 is 16.0 Å². The molecule has 3 aromatic carbocycles. The zero-order valence-corrected chi connectivity index (χ0v) is 20.7. The van der Waals surface area contributed by atoms with Gasteiger partial charge in [-0.2, -0.15) is 0 Å². The molecule has 6 heteroatoms. The van der Waals surface area contributed by atoms with Crippen LogP contribution in [0.2, 0.25) is 0 Å². The van der Waals surface area contributed by atoms with E-state index in [1.54, 1.807) is 0 Å². The molecule has 1 aliphatic carbocycles. The molecule has 0 radical (unpaired) electrons. The van der Waals surface area contributed by atoms with Crippen molar-refractivity contribution in [3.8, 4) is 0 Å². The van der Waals surface area contributed by atoms with Gasteiger partial charge in [-0.15, -0.1) is 0 Å². The van der Waals surface area contributed by atoms with Crippen LogP contribution in [0.3, 0.4) is 0 Å². The van der Waals surface area contributed by atoms with Gasteiger partial charge in [-0.05, 0) is 99.4 Å². The molecule has 0 bridgehead atoms. The van der Waals surface area contributed by atoms with Crippen LogP contribution in [0, 0.1) is 0 Å². The number of para-hydroxylation sites is 1. The summed E-state index contributed by atoms with van der Waals surface area (Å²) in [7, 11) is 0. The predicted molar refractivity (Wildman–Crippen MR) is 147 cm³/mol. The Kier molecular flexibility index (Phi) is 7.62. The molecule has 1 heterocycles. The smallest absolute Gasteiger partial charge is 0.255 e. The Balaban J connectivity index is 1.19. The van der Waals surface area contributed by atoms with Crippen molar-refractivity contribution < 1.29 is 9.59 Å². The summed E-state index contributed by atoms with van der Waals surface area (Å²) in [6.07, 6.45) is 6.25. The molecule has 1 saturated heterocycles. The van der Waals surface area contributed by atoms with Crippen molar-refractivity contribution in [2.45, 2.75) is 38.5 Å². The molecule has 0 saturated carbocycles. The molecule has 3 N–H and O–H groups in total. The monoisotopic (exact) mass is 482 g/mol. The maximum Gasteiger partial charge on any atom is 0.255 e. The highest BCUT2D eigenvalue weighted by Crippen LogP contribution is 2.36. The number of likely N-dealkylation sites (tertiary alicyclic amines) is 1. The zero-order chi connectivity index (χ0) is 24.7. The number of anilines is 4. The van der Waals surface area contributed by atoms with E-state index >= 15 is 0 Å². The summed E-state index contributed by atoms with van der Waals surface area (Å²) < 4.78 is 0. The first-order valence-corrected chi connectivity index (χ1v) is 13.1. The van der Waals surface area contributed by atoms with Crippen molar-refractivity contribution in [2.75, 3.05) is 42.1 Å². The molecule has 1 amide bonds. The van der Waals surface area contributed by atoms with Gasteiger partial charge in [0.1, 0.15) is 0 Å². The molecular weight excluding hydrogens is 448 g/mol. The molecule has 3 aromatic rings. The lowest BCUT2D eigenvalue weighted by Crippen LogP contribution is -2.31. The minimum atomic E-state index is -0.211. The van der Waals surface area contributed by atoms with Crippen LogP contribution in [-0.4, -0.2) is 42.8 Å². The van der Waals surface area contributed by atoms with E-state index in [9.17, 15) is 9.59 Å². The van der Waals surface area contributed by atoms with Crippen molar-refractivity contribution in [1.82, 2.24) is 4.90 Å². The van der Waals surface area contributed by atoms with Gasteiger partial charge in [-0.25, -0.2) is 0 Å². The minimum absolute atomic E-state index is 0.0705. The second kappa shape index (κ2) is 11.4. The number of rotatable bonds is 9. The summed E-state index contributed by atoms with van der Waals surface area (Å²) in [4.78, 5) is 28.2. The number of nitrogens with one attached hydrogen (secondary N) is 3. The first kappa shape index (κ1) is 24.1. The van der Waals surface area contributed by atoms with Crippen molar-refractivity contribution in [1.29, 1.82) is 0 Å². The number of amides is 1. The van der Waals surface area contributed by atoms with Crippen LogP contribution in [0.4, 0.5) is 22.7 Å². The summed E-state index contributed by atoms with van der Waals surface area (Å²) in [6.45, 7) is 4.51. The molecule has 6 nitrogen and oxygen atoms in total. The molecule has 186 valence electrons. The van der Waals surface area contributed by atoms with Crippen molar-refractivity contribution >= 4 is 34.4 Å². The van der Waals surface area contributed by atoms with Gasteiger partial charge in [0.25, 0.3) is 5.91 Å². The standard InChI is InChI=1S/C30H34N4O2/c35-28-17-14-25-26(32-24-8-3-1-4-9-24)15-16-27(29(25)28)33-30(36)22-10-12-23(13-11-22)31-18-7-21-34-19-5-2-6-20-34/h1,3-4,8-13,15-16,31-32H,2,5-7,14,17-21H2,(H,33,36). The Morgan fingerprint density at radius 2 is 1.56 bits per heavy atom. The Bertz CT molecular complexity index is 1200. The van der Waals surface area contributed by atoms with E-state index in [-0.39, 0.29) is 11.7 Å². The molecule has 1 fully saturated rings. The predicted octanol–water partition coefficient (Wildman–Crippen LogP) is 6.10. The Morgan fingerprint density at radius 1 is 0.806 bits per heavy atom. The molecule has 36 heavy (non-hydrogen) atoms. The van der Waals surface area contributed by atoms with E-state index in [1.807, 2.05) is 66.7 Å². The fourth-order valence-corrected chi connectivity index (χ4v) is 5.14. The van der Waals surface area contributed by atoms with E-state index in [4.69, 9.17) is 0 Å². The largest absolute Gasteiger partial charge is 0.385 e. The molecule has 0 aromatic heterocycles. The second-order valence-corrected chi connectivity index (χ2v) is 9.64. The number of carbonyl (C=O) groups is 2. The van der Waals surface area contributed by atoms with Crippen molar-refractivity contribution in [3.05, 3.63) is 83.4 Å². The number of hydrogen-bond acceptors (Lipinski definition) is 5. The van der Waals surface area contributed by atoms with Crippen molar-refractivity contribution in [3.63, 3.8) is 0 Å². The average molecular weight is 483 g/mol. The van der Waals surface area contributed by atoms with Crippen molar-refractivity contribution in [2.24, 2.45) is 0 Å². The van der Waals surface area contributed by atoms with E-state index in [1.165, 1.54) is 32.4 Å². The second-order valence-electron chi connectivity index (χ2n) is 9.64. The van der Waals surface area contributed by atoms with E-state index in [0.29, 0.717) is 29.7 Å². The normalized spacial score (nSPS) is 15.4. The first-order valence-electron chi connectivity index (χ1n) is 13.1. The number of benzene rings is 3. The first-order chi connectivity index (χ1) is 17.7. The summed E-state index contributed by atoms with van der Waals surface area (Å²) in [5.74, 6) is -0.140. The number of ketones is 1. The number of piperidine rings is 1. The van der Waals surface area contributed by atoms with Gasteiger partial charge in [0.2, 0.25) is 0 Å². The average Bonchev–Trinajstić information content (AvgIpc) is 3.32. The molecule has 2 aliphatic rings. The highest BCUT2D eigenvalue weighted by atomic mass is 16.2. The van der Waals surface area contributed by atoms with Crippen LogP contribution in [0.15, 0.2) is 66.7 Å². The molecular formula is C30H34N4O2. The number of nitrogens with zero attached hydrogens (tertiary/aromatic N) is 1. The zero-order valence-electron chi connectivity index (χ0n) is 20.7. The quantitative estimate of drug-likeness (QED) is 0.322. The van der Waals surface area contributed by atoms with Gasteiger partial charge in [-0.1, -0.05) is 24.6 Å². The minimum Gasteiger partial charge on any atom is -0.385 e. The lowest BCUT2D eigenvalue weighted by atomic mass is 10.0. The van der Waals surface area contributed by atoms with Crippen LogP contribution in [0.25, 0.3) is 0 Å². The topological polar surface area (TPSA) is 73.5 Å². The number of hydrogen-bond donors (Lipinski definition) is 3. The Labute approximate surface area is 213 Å². The van der Waals surface area contributed by atoms with Gasteiger partial charge in [0, 0.05) is 41.2 Å². The highest BCUT2D eigenvalue weighted by molar-refractivity contribution is 6.12. The molecule has 0 spiro atoms. The third-order valence-corrected chi connectivity index (χ3v) is 7.07. The van der Waals surface area contributed by atoms with E-state index in [0.717, 1.165) is 42.1 Å². The number of fused-ring (bicyclic) bond motifs is 1. The van der Waals surface area contributed by atoms with Gasteiger partial charge >= 0.3 is 0 Å². The summed E-state index contributed by atoms with van der Waals surface area (Å²) in [5, 5.41) is 9.84. The fraction of sp³-hybridized carbons (Fsp3) is 0.333. The highest BCUT2D eigenvalue weighted by Gasteiger charge is 2.27. The van der Waals surface area contributed by atoms with Gasteiger partial charge in [0.15, 0.2) is 5.78 Å². The Hall–Kier alpha value is -3.64. The number of Topliss-reactive ketones (excluding diaryl/α,β-unsaturated/α-hetero) is 1. The van der Waals surface area contributed by atoms with Crippen LogP contribution >= 0.6 is 0 Å². The maximum atomic E-state index is 13.0. The van der Waals surface area contributed by atoms with E-state index in [2.05, 4.69) is 20.9 Å². The SMILES string of the molecule is O=C(Nc1ccc(Nc2ccccc2)c2c1C(=O)CC2)c1ccc(NCCCN2CCCCC2)cc1. The molecule has 0 atom stereocenters. The van der Waals surface area contributed by atoms with Crippen LogP contribution in [0.1, 0.15) is 58.4 Å². The number of carbonyl (C=O) groups excluding carboxylic acids is 2. The summed E-state index contributed by atoms with van der Waals surface area (Å²) >= 11 is 0. The van der Waals surface area contributed by atoms with Gasteiger partial charge < -0.3 is 20.9 Å². The lowest BCUT2D eigenvalue weighted by Gasteiger charge is -2.26. The molecule has 1 aliphatic heterocycles. The van der Waals surface area contributed by atoms with Crippen LogP contribution in [0.5, 0.6) is 0 Å². The maximum absolute atomic E-state index is 13.0. The van der Waals surface area contributed by atoms with E-state index < -0.39 is 0 Å². The fourth-order valence-electron chi connectivity index (χ4n) is 5.14.